The van der Waals surface area contributed by atoms with E-state index in [9.17, 15) is 32.3 Å². The summed E-state index contributed by atoms with van der Waals surface area (Å²) in [5, 5.41) is 7.20. The van der Waals surface area contributed by atoms with Gasteiger partial charge in [-0.2, -0.15) is 13.2 Å². The van der Waals surface area contributed by atoms with E-state index in [4.69, 9.17) is 15.9 Å². The molecule has 0 aliphatic carbocycles. The van der Waals surface area contributed by atoms with Gasteiger partial charge in [-0.3, -0.25) is 19.8 Å². The van der Waals surface area contributed by atoms with Crippen molar-refractivity contribution in [1.29, 1.82) is 5.41 Å². The molecular weight excluding hydrogens is 461 g/mol. The van der Waals surface area contributed by atoms with E-state index in [0.29, 0.717) is 37.3 Å². The van der Waals surface area contributed by atoms with Gasteiger partial charge < -0.3 is 25.0 Å². The zero-order chi connectivity index (χ0) is 25.5. The first-order valence-corrected chi connectivity index (χ1v) is 10.4. The van der Waals surface area contributed by atoms with Gasteiger partial charge in [-0.25, -0.2) is 4.79 Å². The highest BCUT2D eigenvalue weighted by Gasteiger charge is 2.42. The number of nitrogens with two attached hydrogens (primary N) is 1. The molecule has 0 radical (unpaired) electrons. The third-order valence-corrected chi connectivity index (χ3v) is 4.85. The molecule has 0 unspecified atom stereocenters. The van der Waals surface area contributed by atoms with Crippen LogP contribution in [0.15, 0.2) is 18.2 Å². The summed E-state index contributed by atoms with van der Waals surface area (Å²) in [6.07, 6.45) is -4.33. The Labute approximate surface area is 193 Å². The van der Waals surface area contributed by atoms with E-state index in [1.54, 1.807) is 19.1 Å². The summed E-state index contributed by atoms with van der Waals surface area (Å²) in [7, 11) is 0. The predicted molar refractivity (Wildman–Crippen MR) is 113 cm³/mol. The Morgan fingerprint density at radius 3 is 2.50 bits per heavy atom. The molecule has 0 saturated heterocycles. The summed E-state index contributed by atoms with van der Waals surface area (Å²) in [6, 6.07) is 4.60. The number of carbonyl (C=O) groups excluding carboxylic acids is 4. The van der Waals surface area contributed by atoms with Crippen LogP contribution >= 0.6 is 0 Å². The Kier molecular flexibility index (Phi) is 8.98. The lowest BCUT2D eigenvalue weighted by atomic mass is 10.1. The average Bonchev–Trinajstić information content (AvgIpc) is 2.85. The molecule has 0 bridgehead atoms. The molecular formula is C21H25F3N4O6. The van der Waals surface area contributed by atoms with E-state index in [2.05, 4.69) is 4.74 Å². The number of alkyl halides is 3. The fourth-order valence-corrected chi connectivity index (χ4v) is 3.21. The van der Waals surface area contributed by atoms with Gasteiger partial charge in [0.05, 0.1) is 30.1 Å². The number of esters is 2. The van der Waals surface area contributed by atoms with Crippen molar-refractivity contribution in [3.8, 4) is 5.75 Å². The van der Waals surface area contributed by atoms with E-state index in [1.807, 2.05) is 0 Å². The van der Waals surface area contributed by atoms with Crippen LogP contribution in [0.4, 0.5) is 18.9 Å². The molecule has 10 nitrogen and oxygen atoms in total. The van der Waals surface area contributed by atoms with Gasteiger partial charge in [0.1, 0.15) is 12.3 Å². The number of fused-ring (bicyclic) bond motifs is 1. The molecule has 1 aromatic carbocycles. The molecule has 186 valence electrons. The zero-order valence-electron chi connectivity index (χ0n) is 18.4. The summed E-state index contributed by atoms with van der Waals surface area (Å²) >= 11 is 0. The lowest BCUT2D eigenvalue weighted by Gasteiger charge is -2.21. The summed E-state index contributed by atoms with van der Waals surface area (Å²) in [4.78, 5) is 50.6. The summed E-state index contributed by atoms with van der Waals surface area (Å²) in [6.45, 7) is 1.42. The molecule has 34 heavy (non-hydrogen) atoms. The molecule has 2 amide bonds. The van der Waals surface area contributed by atoms with Gasteiger partial charge in [0.2, 0.25) is 5.91 Å². The van der Waals surface area contributed by atoms with Crippen LogP contribution in [0.5, 0.6) is 5.75 Å². The fourth-order valence-electron chi connectivity index (χ4n) is 3.21. The smallest absolute Gasteiger partial charge is 0.491 e. The molecule has 1 aliphatic heterocycles. The number of ether oxygens (including phenoxy) is 2. The number of anilines is 1. The third-order valence-electron chi connectivity index (χ3n) is 4.85. The van der Waals surface area contributed by atoms with E-state index in [-0.39, 0.29) is 17.9 Å². The number of benzene rings is 1. The van der Waals surface area contributed by atoms with Crippen molar-refractivity contribution in [1.82, 2.24) is 4.90 Å². The number of amides is 2. The number of halogens is 3. The molecule has 2 rings (SSSR count). The molecule has 0 fully saturated rings. The standard InChI is InChI=1S/C21H25F3N4O6/c1-2-28-15-7-6-13(33-10-4-3-5-16(25)26)11-14(15)19(31)27(12-17(28)29)9-8-18(30)34-20(32)21(22,23)24/h6-7,11H,2-5,8-10,12H2,1H3,(H3,25,26). The Morgan fingerprint density at radius 2 is 1.88 bits per heavy atom. The second-order valence-electron chi connectivity index (χ2n) is 7.38. The number of rotatable bonds is 10. The van der Waals surface area contributed by atoms with Crippen LogP contribution in [0.25, 0.3) is 0 Å². The number of likely N-dealkylation sites (N-methyl/N-ethyl adjacent to an activating group) is 1. The number of amidine groups is 1. The van der Waals surface area contributed by atoms with Crippen molar-refractivity contribution in [2.75, 3.05) is 31.1 Å². The predicted octanol–water partition coefficient (Wildman–Crippen LogP) is 2.00. The highest BCUT2D eigenvalue weighted by molar-refractivity contribution is 6.10. The molecule has 3 N–H and O–H groups in total. The molecule has 1 aliphatic rings. The topological polar surface area (TPSA) is 143 Å². The maximum absolute atomic E-state index is 13.1. The van der Waals surface area contributed by atoms with Crippen molar-refractivity contribution in [2.45, 2.75) is 38.8 Å². The highest BCUT2D eigenvalue weighted by Crippen LogP contribution is 2.30. The molecule has 13 heteroatoms. The van der Waals surface area contributed by atoms with E-state index < -0.39 is 49.4 Å². The van der Waals surface area contributed by atoms with Crippen molar-refractivity contribution in [3.63, 3.8) is 0 Å². The Hall–Kier alpha value is -3.64. The lowest BCUT2D eigenvalue weighted by Crippen LogP contribution is -2.40. The van der Waals surface area contributed by atoms with Crippen LogP contribution in [-0.2, 0) is 19.1 Å². The van der Waals surface area contributed by atoms with Gasteiger partial charge in [0, 0.05) is 19.5 Å². The number of nitrogens with one attached hydrogen (secondary N) is 1. The largest absolute Gasteiger partial charge is 0.494 e. The van der Waals surface area contributed by atoms with Gasteiger partial charge in [-0.1, -0.05) is 0 Å². The van der Waals surface area contributed by atoms with Gasteiger partial charge in [0.25, 0.3) is 5.91 Å². The van der Waals surface area contributed by atoms with Crippen LogP contribution in [0.2, 0.25) is 0 Å². The summed E-state index contributed by atoms with van der Waals surface area (Å²) in [5.41, 5.74) is 5.75. The van der Waals surface area contributed by atoms with Gasteiger partial charge in [-0.15, -0.1) is 0 Å². The minimum absolute atomic E-state index is 0.0756. The number of carbonyl (C=O) groups is 4. The van der Waals surface area contributed by atoms with Gasteiger partial charge >= 0.3 is 18.1 Å². The Morgan fingerprint density at radius 1 is 1.18 bits per heavy atom. The van der Waals surface area contributed by atoms with Crippen LogP contribution < -0.4 is 15.4 Å². The maximum atomic E-state index is 13.1. The minimum atomic E-state index is -5.33. The Bertz CT molecular complexity index is 966. The van der Waals surface area contributed by atoms with Crippen molar-refractivity contribution >= 4 is 35.3 Å². The van der Waals surface area contributed by atoms with Crippen LogP contribution in [-0.4, -0.2) is 66.9 Å². The van der Waals surface area contributed by atoms with Crippen LogP contribution in [0.3, 0.4) is 0 Å². The first kappa shape index (κ1) is 26.6. The fraction of sp³-hybridized carbons (Fsp3) is 0.476. The highest BCUT2D eigenvalue weighted by atomic mass is 19.4. The van der Waals surface area contributed by atoms with Crippen molar-refractivity contribution in [3.05, 3.63) is 23.8 Å². The average molecular weight is 486 g/mol. The van der Waals surface area contributed by atoms with Crippen LogP contribution in [0, 0.1) is 5.41 Å². The monoisotopic (exact) mass is 486 g/mol. The molecule has 1 heterocycles. The quantitative estimate of drug-likeness (QED) is 0.169. The lowest BCUT2D eigenvalue weighted by molar-refractivity contribution is -0.201. The molecule has 0 spiro atoms. The maximum Gasteiger partial charge on any atom is 0.491 e. The Balaban J connectivity index is 2.13. The molecule has 0 saturated carbocycles. The molecule has 0 aromatic heterocycles. The van der Waals surface area contributed by atoms with Crippen molar-refractivity contribution in [2.24, 2.45) is 5.73 Å². The third kappa shape index (κ3) is 7.18. The van der Waals surface area contributed by atoms with Gasteiger partial charge in [0.15, 0.2) is 0 Å². The first-order chi connectivity index (χ1) is 15.9. The van der Waals surface area contributed by atoms with E-state index in [0.717, 1.165) is 4.90 Å². The van der Waals surface area contributed by atoms with E-state index in [1.165, 1.54) is 11.0 Å². The van der Waals surface area contributed by atoms with Crippen LogP contribution in [0.1, 0.15) is 43.0 Å². The number of hydrogen-bond donors (Lipinski definition) is 2. The number of nitrogens with zero attached hydrogens (tertiary/aromatic N) is 2. The van der Waals surface area contributed by atoms with Crippen molar-refractivity contribution < 1.29 is 41.8 Å². The first-order valence-electron chi connectivity index (χ1n) is 10.4. The molecule has 0 atom stereocenters. The number of hydrogen-bond acceptors (Lipinski definition) is 7. The minimum Gasteiger partial charge on any atom is -0.494 e. The van der Waals surface area contributed by atoms with E-state index >= 15 is 0 Å². The normalized spacial score (nSPS) is 13.9. The summed E-state index contributed by atoms with van der Waals surface area (Å²) in [5.74, 6) is -4.77. The molecule has 1 aromatic rings. The number of unbranched alkanes of at least 4 members (excludes halogenated alkanes) is 1. The second kappa shape index (κ2) is 11.5. The second-order valence-corrected chi connectivity index (χ2v) is 7.38. The SMILES string of the molecule is CCN1C(=O)CN(CCC(=O)OC(=O)C(F)(F)F)C(=O)c2cc(OCCCCC(=N)N)ccc21. The zero-order valence-corrected chi connectivity index (χ0v) is 18.4. The summed E-state index contributed by atoms with van der Waals surface area (Å²) < 4.78 is 46.1. The van der Waals surface area contributed by atoms with Gasteiger partial charge in [-0.05, 0) is 38.0 Å².